The van der Waals surface area contributed by atoms with Crippen molar-refractivity contribution in [2.24, 2.45) is 0 Å². The average molecular weight is 1630 g/mol. The Balaban J connectivity index is 1.84. The summed E-state index contributed by atoms with van der Waals surface area (Å²) >= 11 is 37.2. The fraction of sp³-hybridized carbons (Fsp3) is 0.772. The van der Waals surface area contributed by atoms with Crippen molar-refractivity contribution in [1.82, 2.24) is 10.2 Å². The average Bonchev–Trinajstić information content (AvgIpc) is 0.796. The molecule has 0 bridgehead atoms. The van der Waals surface area contributed by atoms with E-state index in [9.17, 15) is 24.0 Å². The Hall–Kier alpha value is -3.69. The number of halogens is 6. The van der Waals surface area contributed by atoms with E-state index in [1.807, 2.05) is 0 Å². The van der Waals surface area contributed by atoms with E-state index in [0.29, 0.717) is 45.1 Å². The summed E-state index contributed by atoms with van der Waals surface area (Å²) in [6, 6.07) is 13.3. The molecule has 2 saturated heterocycles. The van der Waals surface area contributed by atoms with Crippen LogP contribution in [0.5, 0.6) is 11.5 Å². The number of phosphoric ester groups is 1. The Morgan fingerprint density at radius 3 is 1.42 bits per heavy atom. The molecule has 27 heteroatoms. The highest BCUT2D eigenvalue weighted by atomic mass is 35.6. The Morgan fingerprint density at radius 2 is 0.981 bits per heavy atom. The van der Waals surface area contributed by atoms with Gasteiger partial charge in [0.2, 0.25) is 13.5 Å². The Morgan fingerprint density at radius 1 is 0.547 bits per heavy atom. The highest BCUT2D eigenvalue weighted by Crippen LogP contribution is 2.53. The lowest BCUT2D eigenvalue weighted by Gasteiger charge is -2.45. The topological polar surface area (TPSA) is 236 Å². The molecule has 2 heterocycles. The van der Waals surface area contributed by atoms with Crippen LogP contribution < -0.4 is 14.4 Å². The van der Waals surface area contributed by atoms with Crippen molar-refractivity contribution in [3.8, 4) is 11.5 Å². The van der Waals surface area contributed by atoms with E-state index < -0.39 is 114 Å². The fourth-order valence-corrected chi connectivity index (χ4v) is 14.5. The van der Waals surface area contributed by atoms with Crippen LogP contribution >= 0.6 is 77.4 Å². The van der Waals surface area contributed by atoms with Crippen molar-refractivity contribution in [2.75, 3.05) is 26.4 Å². The van der Waals surface area contributed by atoms with Crippen LogP contribution in [0.1, 0.15) is 298 Å². The van der Waals surface area contributed by atoms with Crippen LogP contribution in [0.25, 0.3) is 0 Å². The van der Waals surface area contributed by atoms with E-state index in [0.717, 1.165) is 141 Å². The van der Waals surface area contributed by atoms with Crippen LogP contribution in [0, 0.1) is 0 Å². The molecule has 106 heavy (non-hydrogen) atoms. The number of carbonyl (C=O) groups excluding carboxylic acids is 6. The number of likely N-dealkylation sites (tertiary alicyclic amines) is 1. The summed E-state index contributed by atoms with van der Waals surface area (Å²) in [6.45, 7) is 9.71. The summed E-state index contributed by atoms with van der Waals surface area (Å²) in [5, 5.41) is 2.67. The first-order valence-electron chi connectivity index (χ1n) is 39.6. The van der Waals surface area contributed by atoms with Crippen LogP contribution in [0.4, 0.5) is 9.59 Å². The maximum absolute atomic E-state index is 15.8. The minimum Gasteiger partial charge on any atom is -0.462 e. The first-order chi connectivity index (χ1) is 50.8. The van der Waals surface area contributed by atoms with E-state index in [4.69, 9.17) is 121 Å². The molecular formula is C79H125Cl6N2O18P. The standard InChI is InChI=1S/C79H125Cl6N2O18P/c1-7-11-15-19-23-25-29-31-37-51-64(98-68(89)53-43-33-27-21-17-13-9-3)56-67(88)87-55-45-46-61(87)58-95-74-71(86-75(92)97-60-78(80,81)82)73(101-70(91)57-65(52-38-32-30-26-24-20-16-12-8-2)99-69(90)54-44-34-28-22-18-14-10-4)72(66(100-74)59-96-76(93)102-77(5,6)79(83,84)85)105-106(94,103-62-47-39-35-40-48-62)104-63-49-41-36-42-50-63/h35-36,39-42,47-50,61,64-66,71-74H,7-34,37-38,43-46,51-60H2,1-6H3,(H,86,92)/t61-,64+,65+,66+,71+,72+,73+,74+/m0/s1. The zero-order valence-electron chi connectivity index (χ0n) is 64.0. The molecular weight excluding hydrogens is 1510 g/mol. The van der Waals surface area contributed by atoms with Gasteiger partial charge in [-0.25, -0.2) is 14.2 Å². The van der Waals surface area contributed by atoms with E-state index in [-0.39, 0.29) is 55.7 Å². The number of rotatable bonds is 57. The Bertz CT molecular complexity index is 2740. The number of ether oxygens (including phenoxy) is 8. The van der Waals surface area contributed by atoms with Crippen LogP contribution in [0.15, 0.2) is 60.7 Å². The number of amides is 2. The number of nitrogens with one attached hydrogen (secondary N) is 1. The molecule has 0 radical (unpaired) electrons. The molecule has 2 amide bonds. The minimum absolute atomic E-state index is 0.00620. The third-order valence-corrected chi connectivity index (χ3v) is 22.0. The van der Waals surface area contributed by atoms with E-state index in [2.05, 4.69) is 33.0 Å². The summed E-state index contributed by atoms with van der Waals surface area (Å²) in [6.07, 6.45) is 22.6. The number of hydrogen-bond donors (Lipinski definition) is 1. The monoisotopic (exact) mass is 1630 g/mol. The second-order valence-corrected chi connectivity index (χ2v) is 34.9. The predicted molar refractivity (Wildman–Crippen MR) is 419 cm³/mol. The number of unbranched alkanes of at least 4 members (excludes halogenated alkanes) is 28. The molecule has 0 saturated carbocycles. The number of phosphoric acid groups is 1. The molecule has 8 atom stereocenters. The number of esters is 3. The number of hydrogen-bond acceptors (Lipinski definition) is 18. The Kier molecular flexibility index (Phi) is 48.3. The van der Waals surface area contributed by atoms with Gasteiger partial charge in [-0.1, -0.05) is 313 Å². The summed E-state index contributed by atoms with van der Waals surface area (Å²) in [5.41, 5.74) is -1.80. The van der Waals surface area contributed by atoms with Gasteiger partial charge < -0.3 is 57.2 Å². The molecule has 20 nitrogen and oxygen atoms in total. The minimum atomic E-state index is -5.15. The van der Waals surface area contributed by atoms with Crippen molar-refractivity contribution < 1.29 is 84.8 Å². The molecule has 4 rings (SSSR count). The van der Waals surface area contributed by atoms with E-state index >= 15 is 9.36 Å². The lowest BCUT2D eigenvalue weighted by molar-refractivity contribution is -0.273. The smallest absolute Gasteiger partial charge is 0.462 e. The molecule has 2 fully saturated rings. The second kappa shape index (κ2) is 54.1. The fourth-order valence-electron chi connectivity index (χ4n) is 12.8. The van der Waals surface area contributed by atoms with Crippen LogP contribution in [0.3, 0.4) is 0 Å². The van der Waals surface area contributed by atoms with E-state index in [1.165, 1.54) is 83.1 Å². The van der Waals surface area contributed by atoms with Gasteiger partial charge >= 0.3 is 38.0 Å². The van der Waals surface area contributed by atoms with Crippen LogP contribution in [0.2, 0.25) is 0 Å². The third kappa shape index (κ3) is 41.0. The molecule has 2 aliphatic heterocycles. The molecule has 0 aliphatic carbocycles. The second-order valence-electron chi connectivity index (χ2n) is 28.7. The number of alkyl halides is 6. The largest absolute Gasteiger partial charge is 0.588 e. The Labute approximate surface area is 663 Å². The van der Waals surface area contributed by atoms with Gasteiger partial charge in [-0.15, -0.1) is 0 Å². The summed E-state index contributed by atoms with van der Waals surface area (Å²) in [7, 11) is -5.15. The lowest BCUT2D eigenvalue weighted by atomic mass is 9.96. The first-order valence-corrected chi connectivity index (χ1v) is 43.4. The van der Waals surface area contributed by atoms with Gasteiger partial charge in [-0.3, -0.25) is 23.7 Å². The van der Waals surface area contributed by atoms with Gasteiger partial charge in [-0.05, 0) is 89.5 Å². The van der Waals surface area contributed by atoms with Crippen molar-refractivity contribution in [3.05, 3.63) is 60.7 Å². The van der Waals surface area contributed by atoms with Gasteiger partial charge in [0.15, 0.2) is 18.0 Å². The zero-order chi connectivity index (χ0) is 77.5. The molecule has 0 unspecified atom stereocenters. The SMILES string of the molecule is CCCCCCCCCCC[C@H](CC(=O)O[C@@H]1[C@@H](NC(=O)OCC(Cl)(Cl)Cl)[C@H](OC[C@@H]2CCCN2C(=O)C[C@@H](CCCCCCCCCCC)OC(=O)CCCCCCCCC)O[C@H](COC(=O)OC(C)(C)C(Cl)(Cl)Cl)[C@H]1OP(=O)(Oc1ccccc1)Oc1ccccc1)OC(=O)CCCCCCCCC. The van der Waals surface area contributed by atoms with Crippen molar-refractivity contribution >= 4 is 113 Å². The van der Waals surface area contributed by atoms with Crippen LogP contribution in [-0.4, -0.2) is 129 Å². The molecule has 2 aromatic rings. The van der Waals surface area contributed by atoms with Crippen molar-refractivity contribution in [1.29, 1.82) is 0 Å². The summed E-state index contributed by atoms with van der Waals surface area (Å²) < 4.78 is 79.5. The maximum atomic E-state index is 15.8. The first kappa shape index (κ1) is 94.7. The van der Waals surface area contributed by atoms with Crippen LogP contribution in [-0.2, 0) is 66.2 Å². The molecule has 2 aromatic carbocycles. The molecule has 2 aliphatic rings. The number of carbonyl (C=O) groups is 6. The molecule has 0 aromatic heterocycles. The molecule has 0 spiro atoms. The molecule has 1 N–H and O–H groups in total. The summed E-state index contributed by atoms with van der Waals surface area (Å²) in [4.78, 5) is 87.4. The summed E-state index contributed by atoms with van der Waals surface area (Å²) in [5.74, 6) is -2.12. The highest BCUT2D eigenvalue weighted by Gasteiger charge is 2.55. The third-order valence-electron chi connectivity index (χ3n) is 18.9. The van der Waals surface area contributed by atoms with Gasteiger partial charge in [-0.2, -0.15) is 0 Å². The lowest BCUT2D eigenvalue weighted by Crippen LogP contribution is -2.67. The van der Waals surface area contributed by atoms with Gasteiger partial charge in [0.05, 0.1) is 25.5 Å². The van der Waals surface area contributed by atoms with Crippen molar-refractivity contribution in [3.63, 3.8) is 0 Å². The normalized spacial score (nSPS) is 18.3. The van der Waals surface area contributed by atoms with Gasteiger partial charge in [0.25, 0.3) is 0 Å². The maximum Gasteiger partial charge on any atom is 0.588 e. The van der Waals surface area contributed by atoms with E-state index in [1.54, 1.807) is 41.3 Å². The van der Waals surface area contributed by atoms with Gasteiger partial charge in [0.1, 0.15) is 55.2 Å². The molecule has 606 valence electrons. The predicted octanol–water partition coefficient (Wildman–Crippen LogP) is 22.8. The quantitative estimate of drug-likeness (QED) is 0.0213. The number of nitrogens with zero attached hydrogens (tertiary/aromatic N) is 1. The number of alkyl carbamates (subject to hydrolysis) is 1. The number of benzene rings is 2. The van der Waals surface area contributed by atoms with Gasteiger partial charge in [0, 0.05) is 19.4 Å². The highest BCUT2D eigenvalue weighted by molar-refractivity contribution is 7.49. The van der Waals surface area contributed by atoms with Crippen molar-refractivity contribution in [2.45, 2.75) is 360 Å². The zero-order valence-corrected chi connectivity index (χ0v) is 69.4. The number of para-hydroxylation sites is 2.